The molecule has 0 aliphatic rings. The van der Waals surface area contributed by atoms with Crippen molar-refractivity contribution < 1.29 is 17.9 Å². The monoisotopic (exact) mass is 359 g/mol. The maximum atomic E-state index is 12.2. The summed E-state index contributed by atoms with van der Waals surface area (Å²) < 4.78 is 31.6. The topological polar surface area (TPSA) is 72.5 Å². The summed E-state index contributed by atoms with van der Waals surface area (Å²) in [5, 5.41) is 0. The highest BCUT2D eigenvalue weighted by Crippen LogP contribution is 2.14. The molecule has 0 heterocycles. The van der Waals surface area contributed by atoms with E-state index < -0.39 is 22.5 Å². The number of carbonyl (C=O) groups is 1. The molecule has 0 aromatic heterocycles. The zero-order chi connectivity index (χ0) is 18.3. The third-order valence-electron chi connectivity index (χ3n) is 3.65. The van der Waals surface area contributed by atoms with E-state index in [9.17, 15) is 13.2 Å². The second-order valence-electron chi connectivity index (χ2n) is 5.57. The Morgan fingerprint density at radius 3 is 2.48 bits per heavy atom. The van der Waals surface area contributed by atoms with Crippen LogP contribution in [0.4, 0.5) is 0 Å². The number of benzene rings is 2. The number of aryl methyl sites for hydroxylation is 2. The zero-order valence-corrected chi connectivity index (χ0v) is 15.0. The fourth-order valence-corrected chi connectivity index (χ4v) is 3.11. The molecule has 0 fully saturated rings. The van der Waals surface area contributed by atoms with Crippen LogP contribution >= 0.6 is 0 Å². The summed E-state index contributed by atoms with van der Waals surface area (Å²) in [6, 6.07) is 14.4. The van der Waals surface area contributed by atoms with Gasteiger partial charge in [-0.3, -0.25) is 4.79 Å². The second kappa shape index (κ2) is 8.60. The summed E-state index contributed by atoms with van der Waals surface area (Å²) >= 11 is 0. The van der Waals surface area contributed by atoms with Gasteiger partial charge in [-0.05, 0) is 48.7 Å². The van der Waals surface area contributed by atoms with Gasteiger partial charge in [0, 0.05) is 0 Å². The summed E-state index contributed by atoms with van der Waals surface area (Å²) in [5.41, 5.74) is 2.87. The predicted octanol–water partition coefficient (Wildman–Crippen LogP) is 2.84. The van der Waals surface area contributed by atoms with Crippen LogP contribution < -0.4 is 4.72 Å². The van der Waals surface area contributed by atoms with Crippen molar-refractivity contribution in [2.24, 2.45) is 0 Å². The predicted molar refractivity (Wildman–Crippen MR) is 97.5 cm³/mol. The first-order valence-electron chi connectivity index (χ1n) is 7.82. The molecule has 25 heavy (non-hydrogen) atoms. The summed E-state index contributed by atoms with van der Waals surface area (Å²) in [5.74, 6) is -0.634. The standard InChI is InChI=1S/C19H21NO4S/c1-15-10-11-18(13-16(15)2)25(22,23)20-14-19(21)24-12-6-9-17-7-4-3-5-8-17/h3-11,13,20H,12,14H2,1-2H3/b9-6+. The number of hydrogen-bond acceptors (Lipinski definition) is 4. The number of sulfonamides is 1. The molecule has 2 aromatic carbocycles. The molecular formula is C19H21NO4S. The van der Waals surface area contributed by atoms with E-state index in [4.69, 9.17) is 4.74 Å². The maximum absolute atomic E-state index is 12.2. The smallest absolute Gasteiger partial charge is 0.321 e. The molecular weight excluding hydrogens is 338 g/mol. The molecule has 0 aliphatic heterocycles. The minimum atomic E-state index is -3.74. The molecule has 6 heteroatoms. The van der Waals surface area contributed by atoms with Crippen LogP contribution in [-0.2, 0) is 19.6 Å². The Kier molecular flexibility index (Phi) is 6.50. The van der Waals surface area contributed by atoms with Crippen molar-refractivity contribution >= 4 is 22.1 Å². The Morgan fingerprint density at radius 1 is 1.08 bits per heavy atom. The number of rotatable bonds is 7. The van der Waals surface area contributed by atoms with Gasteiger partial charge in [-0.1, -0.05) is 42.5 Å². The summed E-state index contributed by atoms with van der Waals surface area (Å²) in [6.45, 7) is 3.41. The molecule has 0 atom stereocenters. The van der Waals surface area contributed by atoms with Gasteiger partial charge in [0.2, 0.25) is 10.0 Å². The summed E-state index contributed by atoms with van der Waals surface area (Å²) in [6.07, 6.45) is 3.53. The lowest BCUT2D eigenvalue weighted by Crippen LogP contribution is -2.30. The van der Waals surface area contributed by atoms with Gasteiger partial charge in [0.25, 0.3) is 0 Å². The van der Waals surface area contributed by atoms with Crippen molar-refractivity contribution in [1.82, 2.24) is 4.72 Å². The van der Waals surface area contributed by atoms with Crippen LogP contribution in [0.3, 0.4) is 0 Å². The minimum absolute atomic E-state index is 0.0824. The third-order valence-corrected chi connectivity index (χ3v) is 5.04. The Hall–Kier alpha value is -2.44. The number of esters is 1. The van der Waals surface area contributed by atoms with Crippen molar-refractivity contribution in [3.8, 4) is 0 Å². The van der Waals surface area contributed by atoms with E-state index in [1.54, 1.807) is 18.2 Å². The van der Waals surface area contributed by atoms with Crippen LogP contribution in [-0.4, -0.2) is 27.5 Å². The van der Waals surface area contributed by atoms with Crippen molar-refractivity contribution in [2.75, 3.05) is 13.2 Å². The molecule has 5 nitrogen and oxygen atoms in total. The molecule has 132 valence electrons. The fraction of sp³-hybridized carbons (Fsp3) is 0.211. The van der Waals surface area contributed by atoms with Crippen LogP contribution in [0.2, 0.25) is 0 Å². The Morgan fingerprint density at radius 2 is 1.80 bits per heavy atom. The van der Waals surface area contributed by atoms with Gasteiger partial charge in [-0.15, -0.1) is 0 Å². The Labute approximate surface area is 148 Å². The molecule has 1 N–H and O–H groups in total. The number of ether oxygens (including phenoxy) is 1. The minimum Gasteiger partial charge on any atom is -0.460 e. The van der Waals surface area contributed by atoms with E-state index in [2.05, 4.69) is 4.72 Å². The first-order chi connectivity index (χ1) is 11.9. The fourth-order valence-electron chi connectivity index (χ4n) is 2.06. The highest BCUT2D eigenvalue weighted by molar-refractivity contribution is 7.89. The molecule has 2 aromatic rings. The molecule has 0 bridgehead atoms. The average molecular weight is 359 g/mol. The van der Waals surface area contributed by atoms with E-state index in [0.717, 1.165) is 16.7 Å². The van der Waals surface area contributed by atoms with Crippen LogP contribution in [0.25, 0.3) is 6.08 Å². The van der Waals surface area contributed by atoms with E-state index in [-0.39, 0.29) is 11.5 Å². The highest BCUT2D eigenvalue weighted by Gasteiger charge is 2.16. The van der Waals surface area contributed by atoms with E-state index in [1.165, 1.54) is 6.07 Å². The normalized spacial score (nSPS) is 11.6. The molecule has 0 amide bonds. The molecule has 2 rings (SSSR count). The van der Waals surface area contributed by atoms with Gasteiger partial charge < -0.3 is 4.74 Å². The van der Waals surface area contributed by atoms with Crippen LogP contribution in [0.1, 0.15) is 16.7 Å². The van der Waals surface area contributed by atoms with Crippen molar-refractivity contribution in [2.45, 2.75) is 18.7 Å². The molecule has 0 spiro atoms. The Bertz CT molecular complexity index is 858. The van der Waals surface area contributed by atoms with Gasteiger partial charge in [-0.25, -0.2) is 8.42 Å². The maximum Gasteiger partial charge on any atom is 0.321 e. The van der Waals surface area contributed by atoms with Gasteiger partial charge in [-0.2, -0.15) is 4.72 Å². The summed E-state index contributed by atoms with van der Waals surface area (Å²) in [4.78, 5) is 11.8. The van der Waals surface area contributed by atoms with E-state index in [1.807, 2.05) is 50.3 Å². The van der Waals surface area contributed by atoms with Crippen molar-refractivity contribution in [3.63, 3.8) is 0 Å². The first-order valence-corrected chi connectivity index (χ1v) is 9.31. The van der Waals surface area contributed by atoms with Crippen molar-refractivity contribution in [1.29, 1.82) is 0 Å². The zero-order valence-electron chi connectivity index (χ0n) is 14.2. The lowest BCUT2D eigenvalue weighted by molar-refractivity contribution is -0.140. The number of hydrogen-bond donors (Lipinski definition) is 1. The van der Waals surface area contributed by atoms with Crippen LogP contribution in [0, 0.1) is 13.8 Å². The molecule has 0 aliphatic carbocycles. The lowest BCUT2D eigenvalue weighted by atomic mass is 10.1. The van der Waals surface area contributed by atoms with Gasteiger partial charge in [0.1, 0.15) is 13.2 Å². The molecule has 0 radical (unpaired) electrons. The largest absolute Gasteiger partial charge is 0.460 e. The number of carbonyl (C=O) groups excluding carboxylic acids is 1. The first kappa shape index (κ1) is 18.9. The van der Waals surface area contributed by atoms with Gasteiger partial charge in [0.15, 0.2) is 0 Å². The number of nitrogens with one attached hydrogen (secondary N) is 1. The lowest BCUT2D eigenvalue weighted by Gasteiger charge is -2.08. The molecule has 0 saturated carbocycles. The van der Waals surface area contributed by atoms with Crippen LogP contribution in [0.5, 0.6) is 0 Å². The SMILES string of the molecule is Cc1ccc(S(=O)(=O)NCC(=O)OC/C=C/c2ccccc2)cc1C. The van der Waals surface area contributed by atoms with Crippen molar-refractivity contribution in [3.05, 3.63) is 71.3 Å². The second-order valence-corrected chi connectivity index (χ2v) is 7.33. The quantitative estimate of drug-likeness (QED) is 0.772. The van der Waals surface area contributed by atoms with Gasteiger partial charge in [0.05, 0.1) is 4.90 Å². The van der Waals surface area contributed by atoms with E-state index in [0.29, 0.717) is 0 Å². The third kappa shape index (κ3) is 5.85. The average Bonchev–Trinajstić information content (AvgIpc) is 2.60. The molecule has 0 saturated heterocycles. The Balaban J connectivity index is 1.82. The van der Waals surface area contributed by atoms with Gasteiger partial charge >= 0.3 is 5.97 Å². The summed E-state index contributed by atoms with van der Waals surface area (Å²) in [7, 11) is -3.74. The van der Waals surface area contributed by atoms with E-state index >= 15 is 0 Å². The highest BCUT2D eigenvalue weighted by atomic mass is 32.2. The molecule has 0 unspecified atom stereocenters. The van der Waals surface area contributed by atoms with Crippen LogP contribution in [0.15, 0.2) is 59.5 Å².